The van der Waals surface area contributed by atoms with Gasteiger partial charge in [0.1, 0.15) is 12.2 Å². The number of amides is 1. The molecule has 1 N–H and O–H groups in total. The summed E-state index contributed by atoms with van der Waals surface area (Å²) in [7, 11) is 3.65. The Hall–Kier alpha value is -2.76. The molecule has 0 saturated carbocycles. The van der Waals surface area contributed by atoms with Crippen LogP contribution in [-0.2, 0) is 4.74 Å². The average Bonchev–Trinajstić information content (AvgIpc) is 2.57. The normalized spacial score (nSPS) is 12.3. The lowest BCUT2D eigenvalue weighted by Crippen LogP contribution is -2.37. The van der Waals surface area contributed by atoms with Crippen LogP contribution in [0.5, 0.6) is 17.2 Å². The molecule has 0 saturated heterocycles. The number of nitro groups is 1. The minimum Gasteiger partial charge on any atom is -0.493 e. The first-order chi connectivity index (χ1) is 12.6. The molecular weight excluding hydrogens is 377 g/mol. The number of alkyl halides is 3. The SMILES string of the molecule is COc1cc(C(=O)NC(C)COCC(F)(F)F)c([N+](=O)[O-])c(OC)c1OC. The second-order valence-corrected chi connectivity index (χ2v) is 5.30. The standard InChI is InChI=1S/C15H19F3N2O7/c1-8(6-27-7-15(16,17)18)19-14(21)9-5-10(24-2)12(25-3)13(26-4)11(9)20(22)23/h5,8H,6-7H2,1-4H3,(H,19,21). The minimum absolute atomic E-state index is 0.00562. The van der Waals surface area contributed by atoms with Crippen molar-refractivity contribution in [1.29, 1.82) is 0 Å². The highest BCUT2D eigenvalue weighted by molar-refractivity contribution is 6.00. The molecule has 0 aliphatic carbocycles. The van der Waals surface area contributed by atoms with Crippen LogP contribution in [0.2, 0.25) is 0 Å². The molecule has 0 bridgehead atoms. The molecule has 27 heavy (non-hydrogen) atoms. The predicted molar refractivity (Wildman–Crippen MR) is 86.6 cm³/mol. The number of hydrogen-bond donors (Lipinski definition) is 1. The highest BCUT2D eigenvalue weighted by Crippen LogP contribution is 2.46. The van der Waals surface area contributed by atoms with Crippen LogP contribution < -0.4 is 19.5 Å². The van der Waals surface area contributed by atoms with Gasteiger partial charge in [-0.25, -0.2) is 0 Å². The number of benzene rings is 1. The van der Waals surface area contributed by atoms with Crippen molar-refractivity contribution in [3.05, 3.63) is 21.7 Å². The minimum atomic E-state index is -4.50. The van der Waals surface area contributed by atoms with E-state index in [9.17, 15) is 28.1 Å². The first kappa shape index (κ1) is 22.3. The van der Waals surface area contributed by atoms with Gasteiger partial charge in [0.05, 0.1) is 32.9 Å². The van der Waals surface area contributed by atoms with Crippen molar-refractivity contribution >= 4 is 11.6 Å². The van der Waals surface area contributed by atoms with Crippen LogP contribution in [0.3, 0.4) is 0 Å². The maximum Gasteiger partial charge on any atom is 0.411 e. The van der Waals surface area contributed by atoms with E-state index < -0.39 is 47.5 Å². The van der Waals surface area contributed by atoms with E-state index in [-0.39, 0.29) is 17.2 Å². The predicted octanol–water partition coefficient (Wildman–Crippen LogP) is 2.32. The zero-order valence-electron chi connectivity index (χ0n) is 15.0. The molecule has 9 nitrogen and oxygen atoms in total. The van der Waals surface area contributed by atoms with Crippen molar-refractivity contribution in [2.45, 2.75) is 19.1 Å². The number of methoxy groups -OCH3 is 3. The largest absolute Gasteiger partial charge is 0.493 e. The maximum atomic E-state index is 12.4. The maximum absolute atomic E-state index is 12.4. The summed E-state index contributed by atoms with van der Waals surface area (Å²) in [4.78, 5) is 23.0. The lowest BCUT2D eigenvalue weighted by Gasteiger charge is -2.17. The Morgan fingerprint density at radius 3 is 2.26 bits per heavy atom. The lowest BCUT2D eigenvalue weighted by atomic mass is 10.1. The number of nitrogens with one attached hydrogen (secondary N) is 1. The van der Waals surface area contributed by atoms with E-state index in [0.29, 0.717) is 0 Å². The Balaban J connectivity index is 3.13. The van der Waals surface area contributed by atoms with E-state index in [4.69, 9.17) is 14.2 Å². The van der Waals surface area contributed by atoms with Crippen LogP contribution in [0.15, 0.2) is 6.07 Å². The van der Waals surface area contributed by atoms with Crippen LogP contribution in [0.25, 0.3) is 0 Å². The third-order valence-electron chi connectivity index (χ3n) is 3.24. The third-order valence-corrected chi connectivity index (χ3v) is 3.24. The second-order valence-electron chi connectivity index (χ2n) is 5.30. The smallest absolute Gasteiger partial charge is 0.411 e. The number of hydrogen-bond acceptors (Lipinski definition) is 7. The van der Waals surface area contributed by atoms with Crippen LogP contribution in [0.1, 0.15) is 17.3 Å². The summed E-state index contributed by atoms with van der Waals surface area (Å²) in [6.45, 7) is -0.529. The molecule has 1 aromatic rings. The molecule has 0 aromatic heterocycles. The fourth-order valence-corrected chi connectivity index (χ4v) is 2.19. The fourth-order valence-electron chi connectivity index (χ4n) is 2.19. The molecule has 0 aliphatic rings. The topological polar surface area (TPSA) is 109 Å². The van der Waals surface area contributed by atoms with E-state index in [0.717, 1.165) is 13.2 Å². The van der Waals surface area contributed by atoms with E-state index in [1.165, 1.54) is 21.1 Å². The van der Waals surface area contributed by atoms with Crippen LogP contribution >= 0.6 is 0 Å². The van der Waals surface area contributed by atoms with Crippen molar-refractivity contribution in [1.82, 2.24) is 5.32 Å². The first-order valence-corrected chi connectivity index (χ1v) is 7.48. The molecule has 0 fully saturated rings. The molecule has 1 unspecified atom stereocenters. The number of halogens is 3. The molecule has 0 heterocycles. The van der Waals surface area contributed by atoms with Gasteiger partial charge in [-0.05, 0) is 6.92 Å². The summed E-state index contributed by atoms with van der Waals surface area (Å²) in [5.41, 5.74) is -1.08. The monoisotopic (exact) mass is 396 g/mol. The van der Waals surface area contributed by atoms with Gasteiger partial charge in [0.15, 0.2) is 5.75 Å². The summed E-state index contributed by atoms with van der Waals surface area (Å²) in [5, 5.41) is 13.8. The summed E-state index contributed by atoms with van der Waals surface area (Å²) < 4.78 is 55.8. The zero-order valence-corrected chi connectivity index (χ0v) is 15.0. The van der Waals surface area contributed by atoms with Crippen LogP contribution in [0, 0.1) is 10.1 Å². The van der Waals surface area contributed by atoms with Crippen LogP contribution in [-0.4, -0.2) is 57.6 Å². The van der Waals surface area contributed by atoms with Crippen molar-refractivity contribution in [2.24, 2.45) is 0 Å². The van der Waals surface area contributed by atoms with E-state index in [2.05, 4.69) is 10.1 Å². The van der Waals surface area contributed by atoms with Gasteiger partial charge in [-0.15, -0.1) is 0 Å². The van der Waals surface area contributed by atoms with Crippen molar-refractivity contribution in [3.63, 3.8) is 0 Å². The second kappa shape index (κ2) is 9.26. The molecule has 1 rings (SSSR count). The van der Waals surface area contributed by atoms with Crippen molar-refractivity contribution in [2.75, 3.05) is 34.5 Å². The molecular formula is C15H19F3N2O7. The molecule has 1 amide bonds. The molecule has 152 valence electrons. The van der Waals surface area contributed by atoms with Crippen molar-refractivity contribution < 1.29 is 41.8 Å². The van der Waals surface area contributed by atoms with Gasteiger partial charge in [0.25, 0.3) is 5.91 Å². The Morgan fingerprint density at radius 1 is 1.22 bits per heavy atom. The van der Waals surface area contributed by atoms with E-state index >= 15 is 0 Å². The Morgan fingerprint density at radius 2 is 1.81 bits per heavy atom. The van der Waals surface area contributed by atoms with Gasteiger partial charge >= 0.3 is 11.9 Å². The van der Waals surface area contributed by atoms with Crippen LogP contribution in [0.4, 0.5) is 18.9 Å². The highest BCUT2D eigenvalue weighted by Gasteiger charge is 2.33. The number of carbonyl (C=O) groups excluding carboxylic acids is 1. The first-order valence-electron chi connectivity index (χ1n) is 7.48. The average molecular weight is 396 g/mol. The number of nitrogens with zero attached hydrogens (tertiary/aromatic N) is 1. The number of carbonyl (C=O) groups is 1. The quantitative estimate of drug-likeness (QED) is 0.504. The Kier molecular flexibility index (Phi) is 7.64. The molecule has 0 spiro atoms. The zero-order chi connectivity index (χ0) is 20.8. The summed E-state index contributed by atoms with van der Waals surface area (Å²) in [5.74, 6) is -1.31. The molecule has 12 heteroatoms. The fraction of sp³-hybridized carbons (Fsp3) is 0.533. The number of ether oxygens (including phenoxy) is 4. The summed E-state index contributed by atoms with van der Waals surface area (Å²) in [6.07, 6.45) is -4.50. The summed E-state index contributed by atoms with van der Waals surface area (Å²) >= 11 is 0. The van der Waals surface area contributed by atoms with E-state index in [1.807, 2.05) is 0 Å². The molecule has 0 radical (unpaired) electrons. The highest BCUT2D eigenvalue weighted by atomic mass is 19.4. The van der Waals surface area contributed by atoms with E-state index in [1.54, 1.807) is 0 Å². The van der Waals surface area contributed by atoms with Gasteiger partial charge in [-0.1, -0.05) is 0 Å². The lowest BCUT2D eigenvalue weighted by molar-refractivity contribution is -0.386. The third kappa shape index (κ3) is 5.88. The Labute approximate surface area is 152 Å². The van der Waals surface area contributed by atoms with Gasteiger partial charge in [-0.2, -0.15) is 13.2 Å². The summed E-state index contributed by atoms with van der Waals surface area (Å²) in [6, 6.07) is 0.233. The van der Waals surface area contributed by atoms with Gasteiger partial charge in [0, 0.05) is 12.1 Å². The van der Waals surface area contributed by atoms with Gasteiger partial charge in [0.2, 0.25) is 11.5 Å². The number of rotatable bonds is 9. The molecule has 1 atom stereocenters. The van der Waals surface area contributed by atoms with Gasteiger partial charge < -0.3 is 24.3 Å². The van der Waals surface area contributed by atoms with Gasteiger partial charge in [-0.3, -0.25) is 14.9 Å². The Bertz CT molecular complexity index is 695. The molecule has 0 aliphatic heterocycles. The number of nitro benzene ring substituents is 1. The molecule has 1 aromatic carbocycles. The van der Waals surface area contributed by atoms with Crippen molar-refractivity contribution in [3.8, 4) is 17.2 Å².